The van der Waals surface area contributed by atoms with Gasteiger partial charge >= 0.3 is 5.97 Å². The summed E-state index contributed by atoms with van der Waals surface area (Å²) in [5.74, 6) is 0.262. The fraction of sp³-hybridized carbons (Fsp3) is 0.0435. The van der Waals surface area contributed by atoms with Gasteiger partial charge in [0.2, 0.25) is 0 Å². The Morgan fingerprint density at radius 2 is 1.59 bits per heavy atom. The van der Waals surface area contributed by atoms with Gasteiger partial charge in [0.25, 0.3) is 0 Å². The Hall–Kier alpha value is -3.02. The van der Waals surface area contributed by atoms with Gasteiger partial charge in [-0.25, -0.2) is 4.98 Å². The van der Waals surface area contributed by atoms with Gasteiger partial charge in [-0.15, -0.1) is 0 Å². The first-order valence-corrected chi connectivity index (χ1v) is 10.3. The second-order valence-electron chi connectivity index (χ2n) is 6.20. The van der Waals surface area contributed by atoms with Gasteiger partial charge in [0, 0.05) is 22.5 Å². The first-order valence-electron chi connectivity index (χ1n) is 8.98. The molecular formula is C23H17ClN2O2S. The van der Waals surface area contributed by atoms with Gasteiger partial charge in [-0.1, -0.05) is 71.9 Å². The van der Waals surface area contributed by atoms with Crippen molar-refractivity contribution in [1.82, 2.24) is 9.55 Å². The fourth-order valence-corrected chi connectivity index (χ4v) is 3.67. The van der Waals surface area contributed by atoms with Crippen molar-refractivity contribution >= 4 is 29.3 Å². The minimum Gasteiger partial charge on any atom is -0.426 e. The lowest BCUT2D eigenvalue weighted by atomic mass is 10.2. The van der Waals surface area contributed by atoms with Crippen LogP contribution in [-0.4, -0.2) is 21.3 Å². The number of carbonyl (C=O) groups excluding carboxylic acids is 1. The average Bonchev–Trinajstić information content (AvgIpc) is 3.20. The van der Waals surface area contributed by atoms with Gasteiger partial charge in [0.1, 0.15) is 5.75 Å². The first kappa shape index (κ1) is 19.3. The maximum atomic E-state index is 12.3. The molecule has 29 heavy (non-hydrogen) atoms. The van der Waals surface area contributed by atoms with Crippen LogP contribution < -0.4 is 4.74 Å². The Kier molecular flexibility index (Phi) is 5.98. The highest BCUT2D eigenvalue weighted by atomic mass is 35.5. The zero-order valence-corrected chi connectivity index (χ0v) is 16.9. The summed E-state index contributed by atoms with van der Waals surface area (Å²) in [6.07, 6.45) is 1.98. The first-order chi connectivity index (χ1) is 14.2. The maximum absolute atomic E-state index is 12.3. The lowest BCUT2D eigenvalue weighted by Gasteiger charge is -2.07. The van der Waals surface area contributed by atoms with Crippen molar-refractivity contribution < 1.29 is 9.53 Å². The molecule has 0 bridgehead atoms. The summed E-state index contributed by atoms with van der Waals surface area (Å²) in [4.78, 5) is 17.0. The summed E-state index contributed by atoms with van der Waals surface area (Å²) in [6, 6.07) is 26.6. The van der Waals surface area contributed by atoms with Crippen molar-refractivity contribution in [2.45, 2.75) is 5.16 Å². The molecule has 0 aliphatic heterocycles. The third-order valence-corrected chi connectivity index (χ3v) is 5.32. The molecule has 0 amide bonds. The van der Waals surface area contributed by atoms with Crippen LogP contribution in [0.15, 0.2) is 96.3 Å². The van der Waals surface area contributed by atoms with Crippen molar-refractivity contribution in [3.05, 3.63) is 96.1 Å². The average molecular weight is 421 g/mol. The predicted molar refractivity (Wildman–Crippen MR) is 117 cm³/mol. The molecule has 6 heteroatoms. The van der Waals surface area contributed by atoms with E-state index in [0.717, 1.165) is 22.1 Å². The van der Waals surface area contributed by atoms with Crippen molar-refractivity contribution in [2.24, 2.45) is 0 Å². The van der Waals surface area contributed by atoms with Crippen LogP contribution >= 0.6 is 23.4 Å². The normalized spacial score (nSPS) is 10.7. The third kappa shape index (κ3) is 4.88. The number of hydrogen-bond donors (Lipinski definition) is 0. The van der Waals surface area contributed by atoms with Gasteiger partial charge in [-0.3, -0.25) is 9.36 Å². The summed E-state index contributed by atoms with van der Waals surface area (Å²) >= 11 is 7.20. The Balaban J connectivity index is 1.54. The van der Waals surface area contributed by atoms with Crippen LogP contribution in [0.2, 0.25) is 5.02 Å². The van der Waals surface area contributed by atoms with Gasteiger partial charge in [0.05, 0.1) is 11.4 Å². The van der Waals surface area contributed by atoms with E-state index < -0.39 is 0 Å². The molecule has 1 aromatic heterocycles. The molecule has 0 atom stereocenters. The number of benzene rings is 3. The molecule has 4 aromatic rings. The number of para-hydroxylation sites is 1. The van der Waals surface area contributed by atoms with Crippen LogP contribution in [0.5, 0.6) is 5.75 Å². The molecule has 0 saturated carbocycles. The summed E-state index contributed by atoms with van der Waals surface area (Å²) < 4.78 is 7.36. The molecule has 0 N–H and O–H groups in total. The van der Waals surface area contributed by atoms with Crippen molar-refractivity contribution in [3.63, 3.8) is 0 Å². The van der Waals surface area contributed by atoms with E-state index in [1.807, 2.05) is 71.4 Å². The van der Waals surface area contributed by atoms with E-state index in [-0.39, 0.29) is 11.7 Å². The van der Waals surface area contributed by atoms with Crippen LogP contribution in [0, 0.1) is 0 Å². The van der Waals surface area contributed by atoms with Gasteiger partial charge < -0.3 is 4.74 Å². The third-order valence-electron chi connectivity index (χ3n) is 4.14. The van der Waals surface area contributed by atoms with Crippen LogP contribution in [-0.2, 0) is 4.79 Å². The molecular weight excluding hydrogens is 404 g/mol. The Labute approximate surface area is 178 Å². The fourth-order valence-electron chi connectivity index (χ4n) is 2.77. The summed E-state index contributed by atoms with van der Waals surface area (Å²) in [6.45, 7) is 0. The molecule has 0 aliphatic rings. The molecule has 0 radical (unpaired) electrons. The number of ether oxygens (including phenoxy) is 1. The van der Waals surface area contributed by atoms with Gasteiger partial charge in [-0.2, -0.15) is 0 Å². The Morgan fingerprint density at radius 1 is 0.931 bits per heavy atom. The molecule has 3 aromatic carbocycles. The lowest BCUT2D eigenvalue weighted by molar-refractivity contribution is -0.131. The number of imidazole rings is 1. The molecule has 0 fully saturated rings. The van der Waals surface area contributed by atoms with E-state index in [4.69, 9.17) is 21.3 Å². The molecule has 0 unspecified atom stereocenters. The van der Waals surface area contributed by atoms with E-state index in [2.05, 4.69) is 0 Å². The second-order valence-corrected chi connectivity index (χ2v) is 7.58. The summed E-state index contributed by atoms with van der Waals surface area (Å²) in [5.41, 5.74) is 2.85. The predicted octanol–water partition coefficient (Wildman–Crippen LogP) is 5.89. The highest BCUT2D eigenvalue weighted by Gasteiger charge is 2.14. The number of thioether (sulfide) groups is 1. The molecule has 0 aliphatic carbocycles. The molecule has 4 rings (SSSR count). The maximum Gasteiger partial charge on any atom is 0.321 e. The number of esters is 1. The summed E-state index contributed by atoms with van der Waals surface area (Å²) in [5, 5.41) is 1.32. The largest absolute Gasteiger partial charge is 0.426 e. The van der Waals surface area contributed by atoms with Crippen LogP contribution in [0.4, 0.5) is 0 Å². The van der Waals surface area contributed by atoms with Gasteiger partial charge in [0.15, 0.2) is 5.16 Å². The minimum atomic E-state index is -0.346. The van der Waals surface area contributed by atoms with Crippen LogP contribution in [0.1, 0.15) is 0 Å². The number of halogens is 1. The van der Waals surface area contributed by atoms with Crippen LogP contribution in [0.25, 0.3) is 16.9 Å². The SMILES string of the molecule is O=C(CSc1nc(-c2ccccc2)cn1-c1ccccc1)Oc1ccc(Cl)cc1. The zero-order valence-electron chi connectivity index (χ0n) is 15.4. The topological polar surface area (TPSA) is 44.1 Å². The van der Waals surface area contributed by atoms with E-state index in [0.29, 0.717) is 10.8 Å². The Morgan fingerprint density at radius 3 is 2.28 bits per heavy atom. The highest BCUT2D eigenvalue weighted by molar-refractivity contribution is 7.99. The zero-order chi connectivity index (χ0) is 20.1. The highest BCUT2D eigenvalue weighted by Crippen LogP contribution is 2.27. The lowest BCUT2D eigenvalue weighted by Crippen LogP contribution is -2.11. The monoisotopic (exact) mass is 420 g/mol. The second kappa shape index (κ2) is 8.99. The van der Waals surface area contributed by atoms with E-state index >= 15 is 0 Å². The molecule has 144 valence electrons. The molecule has 4 nitrogen and oxygen atoms in total. The number of nitrogens with zero attached hydrogens (tertiary/aromatic N) is 2. The number of hydrogen-bond acceptors (Lipinski definition) is 4. The van der Waals surface area contributed by atoms with Crippen molar-refractivity contribution in [2.75, 3.05) is 5.75 Å². The van der Waals surface area contributed by atoms with E-state index in [9.17, 15) is 4.79 Å². The van der Waals surface area contributed by atoms with E-state index in [1.54, 1.807) is 24.3 Å². The van der Waals surface area contributed by atoms with Crippen LogP contribution in [0.3, 0.4) is 0 Å². The number of rotatable bonds is 6. The van der Waals surface area contributed by atoms with E-state index in [1.165, 1.54) is 11.8 Å². The van der Waals surface area contributed by atoms with Crippen molar-refractivity contribution in [3.8, 4) is 22.7 Å². The smallest absolute Gasteiger partial charge is 0.321 e. The number of aromatic nitrogens is 2. The Bertz CT molecular complexity index is 1100. The molecule has 0 saturated heterocycles. The standard InChI is InChI=1S/C23H17ClN2O2S/c24-18-11-13-20(14-12-18)28-22(27)16-29-23-25-21(17-7-3-1-4-8-17)15-26(23)19-9-5-2-6-10-19/h1-15H,16H2. The number of carbonyl (C=O) groups is 1. The minimum absolute atomic E-state index is 0.140. The van der Waals surface area contributed by atoms with Gasteiger partial charge in [-0.05, 0) is 36.4 Å². The molecule has 1 heterocycles. The molecule has 0 spiro atoms. The quantitative estimate of drug-likeness (QED) is 0.221. The summed E-state index contributed by atoms with van der Waals surface area (Å²) in [7, 11) is 0. The van der Waals surface area contributed by atoms with Crippen molar-refractivity contribution in [1.29, 1.82) is 0 Å².